The van der Waals surface area contributed by atoms with Gasteiger partial charge in [-0.3, -0.25) is 4.79 Å². The van der Waals surface area contributed by atoms with Crippen LogP contribution in [0.2, 0.25) is 0 Å². The number of aliphatic carboxylic acids is 1. The number of carboxylic acids is 1. The van der Waals surface area contributed by atoms with E-state index in [0.717, 1.165) is 25.7 Å². The number of amides is 1. The van der Waals surface area contributed by atoms with Crippen LogP contribution < -0.4 is 5.73 Å². The molecule has 0 aliphatic carbocycles. The Kier molecular flexibility index (Phi) is 7.23. The summed E-state index contributed by atoms with van der Waals surface area (Å²) in [6.07, 6.45) is 4.38. The van der Waals surface area contributed by atoms with Crippen molar-refractivity contribution in [1.82, 2.24) is 4.90 Å². The van der Waals surface area contributed by atoms with Gasteiger partial charge < -0.3 is 15.7 Å². The summed E-state index contributed by atoms with van der Waals surface area (Å²) in [6, 6.07) is -0.642. The molecule has 2 atom stereocenters. The van der Waals surface area contributed by atoms with Crippen LogP contribution in [0, 0.1) is 5.92 Å². The highest BCUT2D eigenvalue weighted by molar-refractivity contribution is 7.99. The van der Waals surface area contributed by atoms with Gasteiger partial charge in [0.25, 0.3) is 0 Å². The van der Waals surface area contributed by atoms with Crippen molar-refractivity contribution in [2.45, 2.75) is 45.1 Å². The SMILES string of the molecule is CCCC(CCN)CCC(=O)N1CSC[C@H]1C(=O)O. The average molecular weight is 288 g/mol. The van der Waals surface area contributed by atoms with Crippen molar-refractivity contribution in [2.75, 3.05) is 18.2 Å². The van der Waals surface area contributed by atoms with Crippen molar-refractivity contribution < 1.29 is 14.7 Å². The fourth-order valence-electron chi connectivity index (χ4n) is 2.44. The summed E-state index contributed by atoms with van der Waals surface area (Å²) >= 11 is 1.51. The van der Waals surface area contributed by atoms with Gasteiger partial charge in [0.2, 0.25) is 5.91 Å². The average Bonchev–Trinajstić information content (AvgIpc) is 2.85. The van der Waals surface area contributed by atoms with Crippen LogP contribution in [0.4, 0.5) is 0 Å². The van der Waals surface area contributed by atoms with E-state index >= 15 is 0 Å². The minimum atomic E-state index is -0.898. The Morgan fingerprint density at radius 1 is 1.42 bits per heavy atom. The molecule has 0 spiro atoms. The van der Waals surface area contributed by atoms with Crippen LogP contribution in [0.25, 0.3) is 0 Å². The maximum atomic E-state index is 12.1. The zero-order valence-corrected chi connectivity index (χ0v) is 12.3. The zero-order valence-electron chi connectivity index (χ0n) is 11.5. The van der Waals surface area contributed by atoms with Gasteiger partial charge in [-0.2, -0.15) is 0 Å². The van der Waals surface area contributed by atoms with Crippen LogP contribution in [-0.4, -0.2) is 46.1 Å². The van der Waals surface area contributed by atoms with Gasteiger partial charge in [-0.15, -0.1) is 11.8 Å². The summed E-state index contributed by atoms with van der Waals surface area (Å²) in [7, 11) is 0. The molecule has 19 heavy (non-hydrogen) atoms. The first-order valence-electron chi connectivity index (χ1n) is 6.90. The van der Waals surface area contributed by atoms with E-state index in [-0.39, 0.29) is 5.91 Å². The van der Waals surface area contributed by atoms with Crippen LogP contribution in [-0.2, 0) is 9.59 Å². The predicted molar refractivity (Wildman–Crippen MR) is 76.9 cm³/mol. The molecule has 110 valence electrons. The van der Waals surface area contributed by atoms with E-state index in [9.17, 15) is 9.59 Å². The Hall–Kier alpha value is -0.750. The second kappa shape index (κ2) is 8.43. The highest BCUT2D eigenvalue weighted by Crippen LogP contribution is 2.24. The summed E-state index contributed by atoms with van der Waals surface area (Å²) < 4.78 is 0. The lowest BCUT2D eigenvalue weighted by Crippen LogP contribution is -2.41. The van der Waals surface area contributed by atoms with Crippen molar-refractivity contribution in [3.05, 3.63) is 0 Å². The maximum Gasteiger partial charge on any atom is 0.327 e. The number of carboxylic acid groups (broad SMARTS) is 1. The normalized spacial score (nSPS) is 20.5. The lowest BCUT2D eigenvalue weighted by atomic mass is 9.94. The number of hydrogen-bond donors (Lipinski definition) is 2. The van der Waals surface area contributed by atoms with Crippen LogP contribution in [0.1, 0.15) is 39.0 Å². The van der Waals surface area contributed by atoms with E-state index < -0.39 is 12.0 Å². The lowest BCUT2D eigenvalue weighted by Gasteiger charge is -2.22. The minimum Gasteiger partial charge on any atom is -0.480 e. The largest absolute Gasteiger partial charge is 0.480 e. The van der Waals surface area contributed by atoms with Gasteiger partial charge in [0.15, 0.2) is 0 Å². The number of hydrogen-bond acceptors (Lipinski definition) is 4. The van der Waals surface area contributed by atoms with Gasteiger partial charge >= 0.3 is 5.97 Å². The molecule has 1 heterocycles. The molecule has 6 heteroatoms. The van der Waals surface area contributed by atoms with Crippen LogP contribution >= 0.6 is 11.8 Å². The monoisotopic (exact) mass is 288 g/mol. The molecule has 0 bridgehead atoms. The third-order valence-corrected chi connectivity index (χ3v) is 4.54. The molecule has 0 aromatic heterocycles. The maximum absolute atomic E-state index is 12.1. The number of nitrogens with zero attached hydrogens (tertiary/aromatic N) is 1. The first-order chi connectivity index (χ1) is 9.10. The fraction of sp³-hybridized carbons (Fsp3) is 0.846. The molecular weight excluding hydrogens is 264 g/mol. The molecule has 5 nitrogen and oxygen atoms in total. The van der Waals surface area contributed by atoms with Gasteiger partial charge in [-0.1, -0.05) is 19.8 Å². The molecule has 1 saturated heterocycles. The first-order valence-corrected chi connectivity index (χ1v) is 8.05. The Morgan fingerprint density at radius 2 is 2.16 bits per heavy atom. The Morgan fingerprint density at radius 3 is 2.74 bits per heavy atom. The summed E-state index contributed by atoms with van der Waals surface area (Å²) in [6.45, 7) is 2.78. The molecule has 1 aliphatic heterocycles. The van der Waals surface area contributed by atoms with E-state index in [1.165, 1.54) is 16.7 Å². The summed E-state index contributed by atoms with van der Waals surface area (Å²) in [5.41, 5.74) is 5.57. The number of rotatable bonds is 8. The van der Waals surface area contributed by atoms with Crippen LogP contribution in [0.5, 0.6) is 0 Å². The molecule has 1 fully saturated rings. The molecule has 0 radical (unpaired) electrons. The topological polar surface area (TPSA) is 83.6 Å². The van der Waals surface area contributed by atoms with Gasteiger partial charge in [-0.25, -0.2) is 4.79 Å². The van der Waals surface area contributed by atoms with Crippen molar-refractivity contribution in [3.8, 4) is 0 Å². The second-order valence-electron chi connectivity index (χ2n) is 4.99. The van der Waals surface area contributed by atoms with Gasteiger partial charge in [0.1, 0.15) is 6.04 Å². The quantitative estimate of drug-likeness (QED) is 0.707. The smallest absolute Gasteiger partial charge is 0.327 e. The molecule has 1 amide bonds. The fourth-order valence-corrected chi connectivity index (χ4v) is 3.61. The summed E-state index contributed by atoms with van der Waals surface area (Å²) in [5.74, 6) is 0.561. The highest BCUT2D eigenvalue weighted by Gasteiger charge is 2.34. The third kappa shape index (κ3) is 5.03. The molecule has 3 N–H and O–H groups in total. The number of nitrogens with two attached hydrogens (primary N) is 1. The van der Waals surface area contributed by atoms with Crippen LogP contribution in [0.3, 0.4) is 0 Å². The second-order valence-corrected chi connectivity index (χ2v) is 5.99. The predicted octanol–water partition coefficient (Wildman–Crippen LogP) is 1.52. The van der Waals surface area contributed by atoms with Crippen molar-refractivity contribution in [1.29, 1.82) is 0 Å². The van der Waals surface area contributed by atoms with E-state index in [1.54, 1.807) is 0 Å². The molecule has 0 aromatic carbocycles. The molecule has 0 saturated carbocycles. The number of thioether (sulfide) groups is 1. The van der Waals surface area contributed by atoms with Crippen molar-refractivity contribution in [3.63, 3.8) is 0 Å². The number of carbonyl (C=O) groups excluding carboxylic acids is 1. The molecule has 0 aromatic rings. The summed E-state index contributed by atoms with van der Waals surface area (Å²) in [5, 5.41) is 9.05. The Labute approximate surface area is 118 Å². The summed E-state index contributed by atoms with van der Waals surface area (Å²) in [4.78, 5) is 24.6. The van der Waals surface area contributed by atoms with Crippen molar-refractivity contribution >= 4 is 23.6 Å². The lowest BCUT2D eigenvalue weighted by molar-refractivity contribution is -0.147. The van der Waals surface area contributed by atoms with Crippen LogP contribution in [0.15, 0.2) is 0 Å². The van der Waals surface area contributed by atoms with Gasteiger partial charge in [0, 0.05) is 12.2 Å². The minimum absolute atomic E-state index is 0.0319. The molecule has 1 rings (SSSR count). The molecule has 1 aliphatic rings. The highest BCUT2D eigenvalue weighted by atomic mass is 32.2. The molecule has 1 unspecified atom stereocenters. The van der Waals surface area contributed by atoms with Gasteiger partial charge in [-0.05, 0) is 25.3 Å². The molecular formula is C13H24N2O3S. The van der Waals surface area contributed by atoms with E-state index in [0.29, 0.717) is 30.5 Å². The zero-order chi connectivity index (χ0) is 14.3. The number of carbonyl (C=O) groups is 2. The standard InChI is InChI=1S/C13H24N2O3S/c1-2-3-10(6-7-14)4-5-12(16)15-9-19-8-11(15)13(17)18/h10-11H,2-9,14H2,1H3,(H,17,18)/t10?,11-/m0/s1. The van der Waals surface area contributed by atoms with E-state index in [2.05, 4.69) is 6.92 Å². The van der Waals surface area contributed by atoms with E-state index in [4.69, 9.17) is 10.8 Å². The van der Waals surface area contributed by atoms with Gasteiger partial charge in [0.05, 0.1) is 5.88 Å². The van der Waals surface area contributed by atoms with E-state index in [1.807, 2.05) is 0 Å². The third-order valence-electron chi connectivity index (χ3n) is 3.53. The Balaban J connectivity index is 2.43. The van der Waals surface area contributed by atoms with Crippen molar-refractivity contribution in [2.24, 2.45) is 11.7 Å². The first kappa shape index (κ1) is 16.3. The Bertz CT molecular complexity index is 306.